The van der Waals surface area contributed by atoms with Gasteiger partial charge in [0.1, 0.15) is 5.75 Å². The highest BCUT2D eigenvalue weighted by Crippen LogP contribution is 2.19. The van der Waals surface area contributed by atoms with Gasteiger partial charge in [0.2, 0.25) is 5.91 Å². The summed E-state index contributed by atoms with van der Waals surface area (Å²) >= 11 is 0. The van der Waals surface area contributed by atoms with E-state index in [9.17, 15) is 4.79 Å². The molecule has 0 radical (unpaired) electrons. The Balaban J connectivity index is 1.92. The molecule has 4 heteroatoms. The minimum Gasteiger partial charge on any atom is -0.496 e. The molecular weight excluding hydrogens is 252 g/mol. The molecule has 1 aromatic carbocycles. The van der Waals surface area contributed by atoms with Gasteiger partial charge in [0.15, 0.2) is 0 Å². The second-order valence-corrected chi connectivity index (χ2v) is 5.62. The predicted octanol–water partition coefficient (Wildman–Crippen LogP) is 1.74. The Morgan fingerprint density at radius 3 is 2.90 bits per heavy atom. The summed E-state index contributed by atoms with van der Waals surface area (Å²) in [5.41, 5.74) is 1.12. The number of carbonyl (C=O) groups excluding carboxylic acids is 1. The summed E-state index contributed by atoms with van der Waals surface area (Å²) in [4.78, 5) is 12.2. The molecule has 2 rings (SSSR count). The lowest BCUT2D eigenvalue weighted by atomic mass is 10.0. The summed E-state index contributed by atoms with van der Waals surface area (Å²) in [6.45, 7) is 5.08. The molecule has 1 amide bonds. The quantitative estimate of drug-likeness (QED) is 0.861. The average Bonchev–Trinajstić information content (AvgIpc) is 2.85. The first kappa shape index (κ1) is 14.9. The van der Waals surface area contributed by atoms with Gasteiger partial charge >= 0.3 is 0 Å². The number of amides is 1. The van der Waals surface area contributed by atoms with Crippen LogP contribution in [0.5, 0.6) is 5.75 Å². The van der Waals surface area contributed by atoms with E-state index in [0.717, 1.165) is 30.7 Å². The van der Waals surface area contributed by atoms with E-state index in [-0.39, 0.29) is 18.0 Å². The minimum absolute atomic E-state index is 0.0462. The third-order valence-electron chi connectivity index (χ3n) is 3.92. The molecule has 0 aromatic heterocycles. The van der Waals surface area contributed by atoms with Crippen LogP contribution < -0.4 is 15.4 Å². The fourth-order valence-corrected chi connectivity index (χ4v) is 2.77. The van der Waals surface area contributed by atoms with Crippen LogP contribution in [0.3, 0.4) is 0 Å². The van der Waals surface area contributed by atoms with Crippen molar-refractivity contribution in [3.05, 3.63) is 29.8 Å². The highest BCUT2D eigenvalue weighted by Gasteiger charge is 2.29. The maximum atomic E-state index is 12.2. The van der Waals surface area contributed by atoms with Crippen molar-refractivity contribution in [3.8, 4) is 5.75 Å². The first-order chi connectivity index (χ1) is 9.61. The average molecular weight is 276 g/mol. The Morgan fingerprint density at radius 1 is 1.50 bits per heavy atom. The molecule has 3 atom stereocenters. The summed E-state index contributed by atoms with van der Waals surface area (Å²) in [6, 6.07) is 7.98. The Morgan fingerprint density at radius 2 is 2.25 bits per heavy atom. The Bertz CT molecular complexity index is 462. The number of hydrogen-bond donors (Lipinski definition) is 2. The van der Waals surface area contributed by atoms with Crippen LogP contribution in [-0.2, 0) is 11.2 Å². The lowest BCUT2D eigenvalue weighted by Crippen LogP contribution is -2.47. The molecule has 4 nitrogen and oxygen atoms in total. The topological polar surface area (TPSA) is 50.4 Å². The predicted molar refractivity (Wildman–Crippen MR) is 79.9 cm³/mol. The van der Waals surface area contributed by atoms with Gasteiger partial charge < -0.3 is 15.4 Å². The SMILES string of the molecule is COc1ccccc1CC(C)NC(=O)C1NCCC1C. The molecule has 1 heterocycles. The van der Waals surface area contributed by atoms with Gasteiger partial charge in [0.25, 0.3) is 0 Å². The maximum Gasteiger partial charge on any atom is 0.237 e. The zero-order valence-corrected chi connectivity index (χ0v) is 12.5. The van der Waals surface area contributed by atoms with Crippen molar-refractivity contribution in [1.82, 2.24) is 10.6 Å². The van der Waals surface area contributed by atoms with Crippen LogP contribution in [-0.4, -0.2) is 31.6 Å². The Labute approximate surface area is 120 Å². The van der Waals surface area contributed by atoms with Crippen LogP contribution in [0.15, 0.2) is 24.3 Å². The van der Waals surface area contributed by atoms with Crippen molar-refractivity contribution < 1.29 is 9.53 Å². The van der Waals surface area contributed by atoms with Crippen LogP contribution in [0.4, 0.5) is 0 Å². The van der Waals surface area contributed by atoms with Crippen LogP contribution >= 0.6 is 0 Å². The molecule has 3 unspecified atom stereocenters. The molecule has 1 saturated heterocycles. The lowest BCUT2D eigenvalue weighted by Gasteiger charge is -2.20. The lowest BCUT2D eigenvalue weighted by molar-refractivity contribution is -0.124. The van der Waals surface area contributed by atoms with Gasteiger partial charge in [-0.25, -0.2) is 0 Å². The van der Waals surface area contributed by atoms with Crippen molar-refractivity contribution in [1.29, 1.82) is 0 Å². The number of ether oxygens (including phenoxy) is 1. The summed E-state index contributed by atoms with van der Waals surface area (Å²) < 4.78 is 5.34. The van der Waals surface area contributed by atoms with E-state index in [4.69, 9.17) is 4.74 Å². The normalized spacial score (nSPS) is 23.4. The van der Waals surface area contributed by atoms with Gasteiger partial charge in [0.05, 0.1) is 13.2 Å². The fourth-order valence-electron chi connectivity index (χ4n) is 2.77. The molecule has 2 N–H and O–H groups in total. The van der Waals surface area contributed by atoms with Crippen molar-refractivity contribution in [2.75, 3.05) is 13.7 Å². The van der Waals surface area contributed by atoms with Crippen molar-refractivity contribution in [2.24, 2.45) is 5.92 Å². The number of methoxy groups -OCH3 is 1. The molecule has 1 aliphatic rings. The van der Waals surface area contributed by atoms with Crippen LogP contribution in [0.1, 0.15) is 25.8 Å². The van der Waals surface area contributed by atoms with E-state index in [1.165, 1.54) is 0 Å². The van der Waals surface area contributed by atoms with Gasteiger partial charge in [-0.2, -0.15) is 0 Å². The highest BCUT2D eigenvalue weighted by atomic mass is 16.5. The molecule has 1 fully saturated rings. The molecule has 1 aliphatic heterocycles. The highest BCUT2D eigenvalue weighted by molar-refractivity contribution is 5.82. The summed E-state index contributed by atoms with van der Waals surface area (Å²) in [6.07, 6.45) is 1.84. The molecule has 0 aliphatic carbocycles. The number of hydrogen-bond acceptors (Lipinski definition) is 3. The van der Waals surface area contributed by atoms with Gasteiger partial charge in [-0.3, -0.25) is 4.79 Å². The molecule has 0 spiro atoms. The van der Waals surface area contributed by atoms with E-state index >= 15 is 0 Å². The fraction of sp³-hybridized carbons (Fsp3) is 0.562. The Hall–Kier alpha value is -1.55. The molecular formula is C16H24N2O2. The number of carbonyl (C=O) groups is 1. The monoisotopic (exact) mass is 276 g/mol. The maximum absolute atomic E-state index is 12.2. The van der Waals surface area contributed by atoms with Gasteiger partial charge in [0, 0.05) is 6.04 Å². The zero-order valence-electron chi connectivity index (χ0n) is 12.5. The smallest absolute Gasteiger partial charge is 0.237 e. The number of benzene rings is 1. The van der Waals surface area contributed by atoms with Crippen LogP contribution in [0.25, 0.3) is 0 Å². The molecule has 0 bridgehead atoms. The largest absolute Gasteiger partial charge is 0.496 e. The first-order valence-corrected chi connectivity index (χ1v) is 7.27. The van der Waals surface area contributed by atoms with Gasteiger partial charge in [-0.05, 0) is 43.9 Å². The van der Waals surface area contributed by atoms with Crippen LogP contribution in [0, 0.1) is 5.92 Å². The number of nitrogens with one attached hydrogen (secondary N) is 2. The number of para-hydroxylation sites is 1. The second kappa shape index (κ2) is 6.75. The minimum atomic E-state index is -0.0462. The Kier molecular flexibility index (Phi) is 5.01. The molecule has 110 valence electrons. The van der Waals surface area contributed by atoms with Gasteiger partial charge in [-0.15, -0.1) is 0 Å². The first-order valence-electron chi connectivity index (χ1n) is 7.27. The van der Waals surface area contributed by atoms with E-state index in [1.807, 2.05) is 31.2 Å². The summed E-state index contributed by atoms with van der Waals surface area (Å²) in [5, 5.41) is 6.36. The number of rotatable bonds is 5. The third-order valence-corrected chi connectivity index (χ3v) is 3.92. The summed E-state index contributed by atoms with van der Waals surface area (Å²) in [7, 11) is 1.67. The van der Waals surface area contributed by atoms with Crippen LogP contribution in [0.2, 0.25) is 0 Å². The standard InChI is InChI=1S/C16H24N2O2/c1-11-8-9-17-15(11)16(19)18-12(2)10-13-6-4-5-7-14(13)20-3/h4-7,11-12,15,17H,8-10H2,1-3H3,(H,18,19). The van der Waals surface area contributed by atoms with Crippen molar-refractivity contribution >= 4 is 5.91 Å². The molecule has 20 heavy (non-hydrogen) atoms. The van der Waals surface area contributed by atoms with Gasteiger partial charge in [-0.1, -0.05) is 25.1 Å². The molecule has 0 saturated carbocycles. The summed E-state index contributed by atoms with van der Waals surface area (Å²) in [5.74, 6) is 1.40. The van der Waals surface area contributed by atoms with E-state index in [2.05, 4.69) is 17.6 Å². The third kappa shape index (κ3) is 3.51. The molecule has 1 aromatic rings. The van der Waals surface area contributed by atoms with E-state index < -0.39 is 0 Å². The van der Waals surface area contributed by atoms with Crippen molar-refractivity contribution in [3.63, 3.8) is 0 Å². The second-order valence-electron chi connectivity index (χ2n) is 5.62. The van der Waals surface area contributed by atoms with Crippen molar-refractivity contribution in [2.45, 2.75) is 38.8 Å². The zero-order chi connectivity index (χ0) is 14.5. The van der Waals surface area contributed by atoms with E-state index in [0.29, 0.717) is 5.92 Å². The van der Waals surface area contributed by atoms with E-state index in [1.54, 1.807) is 7.11 Å².